The zero-order valence-corrected chi connectivity index (χ0v) is 20.8. The monoisotopic (exact) mass is 496 g/mol. The second kappa shape index (κ2) is 10.1. The molecule has 0 aliphatic carbocycles. The maximum atomic E-state index is 13.2. The Morgan fingerprint density at radius 3 is 2.53 bits per heavy atom. The fraction of sp³-hybridized carbons (Fsp3) is 0.435. The van der Waals surface area contributed by atoms with Gasteiger partial charge in [-0.15, -0.1) is 12.4 Å². The van der Waals surface area contributed by atoms with Crippen molar-refractivity contribution >= 4 is 39.9 Å². The van der Waals surface area contributed by atoms with Gasteiger partial charge in [-0.1, -0.05) is 35.9 Å². The second-order valence-electron chi connectivity index (χ2n) is 8.33. The quantitative estimate of drug-likeness (QED) is 0.676. The predicted molar refractivity (Wildman–Crippen MR) is 132 cm³/mol. The van der Waals surface area contributed by atoms with Crippen molar-refractivity contribution in [1.82, 2.24) is 14.9 Å². The molecule has 0 bridgehead atoms. The first-order valence-corrected chi connectivity index (χ1v) is 12.5. The van der Waals surface area contributed by atoms with E-state index in [-0.39, 0.29) is 17.9 Å². The standard InChI is InChI=1S/C23H29ClN4O2S.ClH/c1-17-7-8-20(15-18(17)2)31(29,30)28-13-9-23(10-14-28)22(25-11-12-27-23)26-16-19-5-3-4-6-21(19)24;/h3-8,15,27H,9-14,16H2,1-2H3,(H,25,26);1H. The van der Waals surface area contributed by atoms with Gasteiger partial charge in [-0.25, -0.2) is 8.42 Å². The number of amidine groups is 1. The minimum Gasteiger partial charge on any atom is -0.368 e. The summed E-state index contributed by atoms with van der Waals surface area (Å²) in [4.78, 5) is 5.12. The molecular formula is C23H30Cl2N4O2S. The lowest BCUT2D eigenvalue weighted by molar-refractivity contribution is 0.241. The number of rotatable bonds is 4. The van der Waals surface area contributed by atoms with Crippen molar-refractivity contribution < 1.29 is 8.42 Å². The third kappa shape index (κ3) is 4.97. The topological polar surface area (TPSA) is 73.8 Å². The van der Waals surface area contributed by atoms with Gasteiger partial charge in [-0.3, -0.25) is 4.99 Å². The number of nitrogens with zero attached hydrogens (tertiary/aromatic N) is 2. The first-order chi connectivity index (χ1) is 14.8. The van der Waals surface area contributed by atoms with Crippen LogP contribution in [0.5, 0.6) is 0 Å². The fourth-order valence-electron chi connectivity index (χ4n) is 4.29. The summed E-state index contributed by atoms with van der Waals surface area (Å²) in [6.07, 6.45) is 1.34. The summed E-state index contributed by atoms with van der Waals surface area (Å²) >= 11 is 6.30. The van der Waals surface area contributed by atoms with Crippen LogP contribution in [-0.2, 0) is 16.6 Å². The minimum atomic E-state index is -3.51. The molecule has 0 amide bonds. The van der Waals surface area contributed by atoms with Gasteiger partial charge in [-0.05, 0) is 61.6 Å². The van der Waals surface area contributed by atoms with Crippen molar-refractivity contribution in [2.75, 3.05) is 26.2 Å². The molecule has 0 aromatic heterocycles. The molecule has 2 heterocycles. The van der Waals surface area contributed by atoms with Crippen LogP contribution in [0.4, 0.5) is 0 Å². The van der Waals surface area contributed by atoms with Crippen LogP contribution in [0, 0.1) is 13.8 Å². The molecule has 2 aliphatic rings. The van der Waals surface area contributed by atoms with E-state index in [1.54, 1.807) is 16.4 Å². The molecule has 0 radical (unpaired) electrons. The number of piperidine rings is 1. The zero-order chi connectivity index (χ0) is 22.1. The van der Waals surface area contributed by atoms with Crippen LogP contribution < -0.4 is 10.6 Å². The summed E-state index contributed by atoms with van der Waals surface area (Å²) in [5, 5.41) is 7.81. The molecule has 4 rings (SSSR count). The van der Waals surface area contributed by atoms with Gasteiger partial charge in [0, 0.05) is 31.2 Å². The van der Waals surface area contributed by atoms with E-state index < -0.39 is 10.0 Å². The predicted octanol–water partition coefficient (Wildman–Crippen LogP) is 3.69. The molecular weight excluding hydrogens is 467 g/mol. The van der Waals surface area contributed by atoms with Gasteiger partial charge in [0.15, 0.2) is 0 Å². The van der Waals surface area contributed by atoms with E-state index in [4.69, 9.17) is 16.6 Å². The molecule has 0 unspecified atom stereocenters. The highest BCUT2D eigenvalue weighted by molar-refractivity contribution is 7.89. The van der Waals surface area contributed by atoms with Crippen LogP contribution in [0.1, 0.15) is 29.5 Å². The van der Waals surface area contributed by atoms with E-state index in [2.05, 4.69) is 10.6 Å². The Balaban J connectivity index is 0.00000289. The number of benzene rings is 2. The van der Waals surface area contributed by atoms with E-state index in [0.717, 1.165) is 34.1 Å². The molecule has 1 fully saturated rings. The average molecular weight is 497 g/mol. The number of hydrogen-bond acceptors (Lipinski definition) is 5. The summed E-state index contributed by atoms with van der Waals surface area (Å²) in [6, 6.07) is 13.1. The maximum Gasteiger partial charge on any atom is 0.243 e. The Bertz CT molecular complexity index is 1100. The van der Waals surface area contributed by atoms with E-state index >= 15 is 0 Å². The molecule has 9 heteroatoms. The maximum absolute atomic E-state index is 13.2. The van der Waals surface area contributed by atoms with Gasteiger partial charge in [0.05, 0.1) is 17.0 Å². The van der Waals surface area contributed by atoms with Crippen LogP contribution in [-0.4, -0.2) is 50.3 Å². The lowest BCUT2D eigenvalue weighted by Crippen LogP contribution is -2.64. The van der Waals surface area contributed by atoms with Gasteiger partial charge >= 0.3 is 0 Å². The molecule has 6 nitrogen and oxygen atoms in total. The SMILES string of the molecule is Cc1ccc(S(=O)(=O)N2CCC3(CC2)NCCN=C3NCc2ccccc2Cl)cc1C.Cl. The number of aliphatic imine (C=N–C) groups is 1. The molecule has 2 aromatic rings. The van der Waals surface area contributed by atoms with Gasteiger partial charge in [0.25, 0.3) is 0 Å². The molecule has 2 N–H and O–H groups in total. The van der Waals surface area contributed by atoms with E-state index in [9.17, 15) is 8.42 Å². The van der Waals surface area contributed by atoms with E-state index in [1.165, 1.54) is 0 Å². The van der Waals surface area contributed by atoms with Crippen molar-refractivity contribution in [3.63, 3.8) is 0 Å². The van der Waals surface area contributed by atoms with Gasteiger partial charge in [0.1, 0.15) is 5.84 Å². The highest BCUT2D eigenvalue weighted by Crippen LogP contribution is 2.29. The van der Waals surface area contributed by atoms with Crippen LogP contribution in [0.25, 0.3) is 0 Å². The molecule has 32 heavy (non-hydrogen) atoms. The molecule has 1 saturated heterocycles. The summed E-state index contributed by atoms with van der Waals surface area (Å²) in [5.74, 6) is 0.905. The number of nitrogens with one attached hydrogen (secondary N) is 2. The van der Waals surface area contributed by atoms with Crippen LogP contribution >= 0.6 is 24.0 Å². The van der Waals surface area contributed by atoms with Gasteiger partial charge < -0.3 is 10.6 Å². The number of sulfonamides is 1. The lowest BCUT2D eigenvalue weighted by atomic mass is 9.85. The van der Waals surface area contributed by atoms with Crippen LogP contribution in [0.3, 0.4) is 0 Å². The Labute approximate surface area is 201 Å². The van der Waals surface area contributed by atoms with Gasteiger partial charge in [-0.2, -0.15) is 4.31 Å². The largest absolute Gasteiger partial charge is 0.368 e. The number of aryl methyl sites for hydroxylation is 2. The van der Waals surface area contributed by atoms with E-state index in [0.29, 0.717) is 43.9 Å². The molecule has 174 valence electrons. The molecule has 0 atom stereocenters. The third-order valence-electron chi connectivity index (χ3n) is 6.39. The van der Waals surface area contributed by atoms with Crippen molar-refractivity contribution in [2.45, 2.75) is 43.7 Å². The number of halogens is 2. The van der Waals surface area contributed by atoms with Crippen molar-refractivity contribution in [3.8, 4) is 0 Å². The fourth-order valence-corrected chi connectivity index (χ4v) is 6.02. The van der Waals surface area contributed by atoms with E-state index in [1.807, 2.05) is 44.2 Å². The molecule has 0 saturated carbocycles. The summed E-state index contributed by atoms with van der Waals surface area (Å²) in [6.45, 7) is 6.93. The zero-order valence-electron chi connectivity index (χ0n) is 18.4. The van der Waals surface area contributed by atoms with Crippen molar-refractivity contribution in [3.05, 3.63) is 64.2 Å². The average Bonchev–Trinajstić information content (AvgIpc) is 2.76. The Morgan fingerprint density at radius 2 is 1.84 bits per heavy atom. The summed E-state index contributed by atoms with van der Waals surface area (Å²) in [5.41, 5.74) is 2.77. The smallest absolute Gasteiger partial charge is 0.243 e. The van der Waals surface area contributed by atoms with Crippen molar-refractivity contribution in [2.24, 2.45) is 4.99 Å². The highest BCUT2D eigenvalue weighted by Gasteiger charge is 2.43. The van der Waals surface area contributed by atoms with Crippen LogP contribution in [0.2, 0.25) is 5.02 Å². The summed E-state index contributed by atoms with van der Waals surface area (Å²) < 4.78 is 28.0. The molecule has 2 aromatic carbocycles. The van der Waals surface area contributed by atoms with Crippen LogP contribution in [0.15, 0.2) is 52.4 Å². The third-order valence-corrected chi connectivity index (χ3v) is 8.66. The highest BCUT2D eigenvalue weighted by atomic mass is 35.5. The number of hydrogen-bond donors (Lipinski definition) is 2. The first-order valence-electron chi connectivity index (χ1n) is 10.7. The Kier molecular flexibility index (Phi) is 7.89. The summed E-state index contributed by atoms with van der Waals surface area (Å²) in [7, 11) is -3.51. The molecule has 2 aliphatic heterocycles. The normalized spacial score (nSPS) is 18.7. The second-order valence-corrected chi connectivity index (χ2v) is 10.7. The minimum absolute atomic E-state index is 0. The van der Waals surface area contributed by atoms with Crippen molar-refractivity contribution in [1.29, 1.82) is 0 Å². The lowest BCUT2D eigenvalue weighted by Gasteiger charge is -2.44. The van der Waals surface area contributed by atoms with Gasteiger partial charge in [0.2, 0.25) is 10.0 Å². The molecule has 1 spiro atoms. The Morgan fingerprint density at radius 1 is 1.12 bits per heavy atom. The Hall–Kier alpha value is -1.64. The first kappa shape index (κ1) is 25.0.